The Morgan fingerprint density at radius 2 is 2.28 bits per heavy atom. The van der Waals surface area contributed by atoms with E-state index in [1.54, 1.807) is 12.3 Å². The molecule has 0 radical (unpaired) electrons. The Labute approximate surface area is 177 Å². The summed E-state index contributed by atoms with van der Waals surface area (Å²) in [6, 6.07) is 7.36. The first-order valence-corrected chi connectivity index (χ1v) is 10.1. The van der Waals surface area contributed by atoms with Crippen molar-refractivity contribution in [3.8, 4) is 11.6 Å². The number of carbonyl (C=O) groups is 1. The molecule has 1 fully saturated rings. The largest absolute Gasteiger partial charge is 0.490 e. The predicted octanol–water partition coefficient (Wildman–Crippen LogP) is 2.24. The SMILES string of the molecule is CNC(=O)c1ccc(F)cc1OCC(O)CN1CCC(Oc2ccc(Br)cn2)C1. The highest BCUT2D eigenvalue weighted by Gasteiger charge is 2.26. The summed E-state index contributed by atoms with van der Waals surface area (Å²) in [7, 11) is 1.49. The second kappa shape index (κ2) is 10.00. The number of hydrogen-bond acceptors (Lipinski definition) is 6. The van der Waals surface area contributed by atoms with Crippen LogP contribution in [0.25, 0.3) is 0 Å². The van der Waals surface area contributed by atoms with E-state index in [9.17, 15) is 14.3 Å². The van der Waals surface area contributed by atoms with Crippen LogP contribution in [0.4, 0.5) is 4.39 Å². The van der Waals surface area contributed by atoms with Crippen LogP contribution in [0.5, 0.6) is 11.6 Å². The molecule has 2 unspecified atom stereocenters. The molecule has 2 atom stereocenters. The molecule has 0 spiro atoms. The molecule has 2 N–H and O–H groups in total. The zero-order valence-electron chi connectivity index (χ0n) is 16.0. The Kier molecular flexibility index (Phi) is 7.40. The predicted molar refractivity (Wildman–Crippen MR) is 109 cm³/mol. The second-order valence-corrected chi connectivity index (χ2v) is 7.70. The van der Waals surface area contributed by atoms with Crippen molar-refractivity contribution in [2.45, 2.75) is 18.6 Å². The minimum Gasteiger partial charge on any atom is -0.490 e. The molecule has 9 heteroatoms. The van der Waals surface area contributed by atoms with Crippen molar-refractivity contribution in [1.29, 1.82) is 0 Å². The molecule has 1 aliphatic rings. The lowest BCUT2D eigenvalue weighted by molar-refractivity contribution is 0.0706. The Bertz CT molecular complexity index is 837. The quantitative estimate of drug-likeness (QED) is 0.619. The van der Waals surface area contributed by atoms with Crippen molar-refractivity contribution in [3.05, 3.63) is 52.4 Å². The van der Waals surface area contributed by atoms with E-state index in [2.05, 4.69) is 31.1 Å². The van der Waals surface area contributed by atoms with Crippen LogP contribution >= 0.6 is 15.9 Å². The first-order valence-electron chi connectivity index (χ1n) is 9.27. The third-order valence-electron chi connectivity index (χ3n) is 4.53. The third kappa shape index (κ3) is 6.12. The Morgan fingerprint density at radius 3 is 3.00 bits per heavy atom. The average molecular weight is 468 g/mol. The highest BCUT2D eigenvalue weighted by molar-refractivity contribution is 9.10. The van der Waals surface area contributed by atoms with E-state index in [0.29, 0.717) is 19.0 Å². The zero-order valence-corrected chi connectivity index (χ0v) is 17.6. The molecular weight excluding hydrogens is 445 g/mol. The fourth-order valence-corrected chi connectivity index (χ4v) is 3.37. The highest BCUT2D eigenvalue weighted by Crippen LogP contribution is 2.21. The van der Waals surface area contributed by atoms with Gasteiger partial charge in [-0.25, -0.2) is 9.37 Å². The Hall–Kier alpha value is -2.23. The molecule has 0 aliphatic carbocycles. The summed E-state index contributed by atoms with van der Waals surface area (Å²) >= 11 is 3.34. The lowest BCUT2D eigenvalue weighted by Gasteiger charge is -2.21. The first-order chi connectivity index (χ1) is 13.9. The van der Waals surface area contributed by atoms with Gasteiger partial charge in [-0.1, -0.05) is 0 Å². The molecular formula is C20H23BrFN3O4. The molecule has 0 bridgehead atoms. The van der Waals surface area contributed by atoms with Gasteiger partial charge in [0, 0.05) is 49.5 Å². The molecule has 0 saturated carbocycles. The Balaban J connectivity index is 1.48. The van der Waals surface area contributed by atoms with Gasteiger partial charge in [0.05, 0.1) is 5.56 Å². The van der Waals surface area contributed by atoms with Gasteiger partial charge in [-0.05, 0) is 40.5 Å². The Morgan fingerprint density at radius 1 is 1.45 bits per heavy atom. The molecule has 2 aromatic rings. The molecule has 29 heavy (non-hydrogen) atoms. The lowest BCUT2D eigenvalue weighted by Crippen LogP contribution is -2.35. The minimum atomic E-state index is -0.791. The fraction of sp³-hybridized carbons (Fsp3) is 0.400. The summed E-state index contributed by atoms with van der Waals surface area (Å²) in [5.74, 6) is -0.220. The van der Waals surface area contributed by atoms with Crippen molar-refractivity contribution in [2.24, 2.45) is 0 Å². The number of benzene rings is 1. The summed E-state index contributed by atoms with van der Waals surface area (Å²) < 4.78 is 25.8. The number of nitrogens with one attached hydrogen (secondary N) is 1. The van der Waals surface area contributed by atoms with Gasteiger partial charge in [0.15, 0.2) is 0 Å². The van der Waals surface area contributed by atoms with Crippen molar-refractivity contribution in [2.75, 3.05) is 33.3 Å². The van der Waals surface area contributed by atoms with E-state index < -0.39 is 11.9 Å². The van der Waals surface area contributed by atoms with E-state index in [4.69, 9.17) is 9.47 Å². The van der Waals surface area contributed by atoms with E-state index >= 15 is 0 Å². The molecule has 1 amide bonds. The lowest BCUT2D eigenvalue weighted by atomic mass is 10.2. The average Bonchev–Trinajstić information content (AvgIpc) is 3.14. The van der Waals surface area contributed by atoms with Gasteiger partial charge in [0.2, 0.25) is 5.88 Å². The number of carbonyl (C=O) groups excluding carboxylic acids is 1. The van der Waals surface area contributed by atoms with Crippen LogP contribution < -0.4 is 14.8 Å². The van der Waals surface area contributed by atoms with Crippen LogP contribution in [0, 0.1) is 5.82 Å². The fourth-order valence-electron chi connectivity index (χ4n) is 3.14. The third-order valence-corrected chi connectivity index (χ3v) is 5.00. The number of likely N-dealkylation sites (tertiary alicyclic amines) is 1. The smallest absolute Gasteiger partial charge is 0.254 e. The number of amides is 1. The maximum Gasteiger partial charge on any atom is 0.254 e. The van der Waals surface area contributed by atoms with Crippen molar-refractivity contribution < 1.29 is 23.8 Å². The summed E-state index contributed by atoms with van der Waals surface area (Å²) in [5, 5.41) is 12.8. The van der Waals surface area contributed by atoms with Crippen molar-refractivity contribution in [1.82, 2.24) is 15.2 Å². The normalized spacial score (nSPS) is 17.7. The van der Waals surface area contributed by atoms with Gasteiger partial charge in [-0.2, -0.15) is 0 Å². The van der Waals surface area contributed by atoms with E-state index in [1.165, 1.54) is 19.2 Å². The first kappa shape index (κ1) is 21.5. The number of nitrogens with zero attached hydrogens (tertiary/aromatic N) is 2. The molecule has 3 rings (SSSR count). The number of pyridine rings is 1. The van der Waals surface area contributed by atoms with Crippen LogP contribution in [0.3, 0.4) is 0 Å². The molecule has 2 heterocycles. The second-order valence-electron chi connectivity index (χ2n) is 6.79. The highest BCUT2D eigenvalue weighted by atomic mass is 79.9. The number of aliphatic hydroxyl groups excluding tert-OH is 1. The minimum absolute atomic E-state index is 0.000124. The number of hydrogen-bond donors (Lipinski definition) is 2. The van der Waals surface area contributed by atoms with Gasteiger partial charge >= 0.3 is 0 Å². The maximum absolute atomic E-state index is 13.5. The summed E-state index contributed by atoms with van der Waals surface area (Å²) in [5.41, 5.74) is 0.220. The number of rotatable bonds is 8. The summed E-state index contributed by atoms with van der Waals surface area (Å²) in [6.45, 7) is 1.78. The molecule has 1 aromatic carbocycles. The van der Waals surface area contributed by atoms with Crippen molar-refractivity contribution >= 4 is 21.8 Å². The van der Waals surface area contributed by atoms with Crippen LogP contribution in [-0.2, 0) is 0 Å². The van der Waals surface area contributed by atoms with E-state index in [-0.39, 0.29) is 29.9 Å². The van der Waals surface area contributed by atoms with E-state index in [0.717, 1.165) is 23.5 Å². The number of β-amino-alcohol motifs (C(OH)–C–C–N with tert-alkyl or cyclic N) is 1. The zero-order chi connectivity index (χ0) is 20.8. The molecule has 1 saturated heterocycles. The number of aromatic nitrogens is 1. The van der Waals surface area contributed by atoms with Crippen LogP contribution in [0.1, 0.15) is 16.8 Å². The number of ether oxygens (including phenoxy) is 2. The number of aliphatic hydroxyl groups is 1. The maximum atomic E-state index is 13.5. The van der Waals surface area contributed by atoms with Gasteiger partial charge in [-0.15, -0.1) is 0 Å². The monoisotopic (exact) mass is 467 g/mol. The van der Waals surface area contributed by atoms with E-state index in [1.807, 2.05) is 6.07 Å². The van der Waals surface area contributed by atoms with Gasteiger partial charge in [0.1, 0.15) is 30.4 Å². The standard InChI is InChI=1S/C20H23BrFN3O4/c1-23-20(27)17-4-3-14(22)8-18(17)28-12-15(26)10-25-7-6-16(11-25)29-19-5-2-13(21)9-24-19/h2-5,8-9,15-16,26H,6-7,10-12H2,1H3,(H,23,27). The van der Waals surface area contributed by atoms with Crippen LogP contribution in [0.2, 0.25) is 0 Å². The van der Waals surface area contributed by atoms with Crippen LogP contribution in [-0.4, -0.2) is 66.4 Å². The number of halogens is 2. The summed E-state index contributed by atoms with van der Waals surface area (Å²) in [4.78, 5) is 18.1. The summed E-state index contributed by atoms with van der Waals surface area (Å²) in [6.07, 6.45) is 1.72. The topological polar surface area (TPSA) is 83.9 Å². The van der Waals surface area contributed by atoms with Gasteiger partial charge < -0.3 is 19.9 Å². The van der Waals surface area contributed by atoms with Gasteiger partial charge in [-0.3, -0.25) is 9.69 Å². The van der Waals surface area contributed by atoms with Gasteiger partial charge in [0.25, 0.3) is 5.91 Å². The molecule has 1 aromatic heterocycles. The molecule has 1 aliphatic heterocycles. The van der Waals surface area contributed by atoms with Crippen molar-refractivity contribution in [3.63, 3.8) is 0 Å². The van der Waals surface area contributed by atoms with Crippen LogP contribution in [0.15, 0.2) is 41.0 Å². The molecule has 156 valence electrons. The molecule has 7 nitrogen and oxygen atoms in total.